The Balaban J connectivity index is 2.53. The molecule has 56 valence electrons. The predicted molar refractivity (Wildman–Crippen MR) is 38.4 cm³/mol. The van der Waals surface area contributed by atoms with E-state index in [-0.39, 0.29) is 5.89 Å². The number of rotatable bonds is 1. The Morgan fingerprint density at radius 1 is 1.55 bits per heavy atom. The molecular formula is C6H3NO3S. The third-order valence-electron chi connectivity index (χ3n) is 1.12. The van der Waals surface area contributed by atoms with E-state index in [1.807, 2.05) is 0 Å². The van der Waals surface area contributed by atoms with Gasteiger partial charge in [0.1, 0.15) is 0 Å². The predicted octanol–water partition coefficient (Wildman–Crippen LogP) is 1.36. The molecule has 4 nitrogen and oxygen atoms in total. The number of furan rings is 1. The quantitative estimate of drug-likeness (QED) is 0.646. The molecule has 11 heavy (non-hydrogen) atoms. The van der Waals surface area contributed by atoms with Crippen molar-refractivity contribution < 1.29 is 8.83 Å². The van der Waals surface area contributed by atoms with E-state index in [2.05, 4.69) is 8.79 Å². The van der Waals surface area contributed by atoms with E-state index in [1.54, 1.807) is 12.1 Å². The van der Waals surface area contributed by atoms with E-state index in [4.69, 9.17) is 4.42 Å². The van der Waals surface area contributed by atoms with Crippen molar-refractivity contribution in [3.63, 3.8) is 0 Å². The monoisotopic (exact) mass is 169 g/mol. The van der Waals surface area contributed by atoms with Crippen molar-refractivity contribution >= 4 is 11.5 Å². The minimum Gasteiger partial charge on any atom is -0.459 e. The van der Waals surface area contributed by atoms with Gasteiger partial charge in [-0.25, -0.2) is 4.79 Å². The van der Waals surface area contributed by atoms with Crippen molar-refractivity contribution in [3.05, 3.63) is 28.1 Å². The molecule has 0 aromatic carbocycles. The Morgan fingerprint density at radius 3 is 3.00 bits per heavy atom. The average Bonchev–Trinajstić information content (AvgIpc) is 2.55. The summed E-state index contributed by atoms with van der Waals surface area (Å²) in [6, 6.07) is 3.38. The number of hydrogen-bond donors (Lipinski definition) is 0. The minimum atomic E-state index is -0.420. The number of nitrogens with zero attached hydrogens (tertiary/aromatic N) is 1. The van der Waals surface area contributed by atoms with Gasteiger partial charge in [0.2, 0.25) is 0 Å². The molecule has 0 aliphatic rings. The summed E-state index contributed by atoms with van der Waals surface area (Å²) in [6.45, 7) is 0. The maximum absolute atomic E-state index is 10.5. The highest BCUT2D eigenvalue weighted by Gasteiger charge is 2.06. The van der Waals surface area contributed by atoms with Crippen molar-refractivity contribution in [2.75, 3.05) is 0 Å². The van der Waals surface area contributed by atoms with Gasteiger partial charge in [-0.15, -0.1) is 4.37 Å². The molecule has 0 saturated heterocycles. The first-order valence-electron chi connectivity index (χ1n) is 2.87. The third kappa shape index (κ3) is 1.10. The molecular weight excluding hydrogens is 166 g/mol. The van der Waals surface area contributed by atoms with Gasteiger partial charge in [0.15, 0.2) is 5.76 Å². The summed E-state index contributed by atoms with van der Waals surface area (Å²) in [6.07, 6.45) is 1.49. The van der Waals surface area contributed by atoms with Crippen LogP contribution in [0.1, 0.15) is 0 Å². The lowest BCUT2D eigenvalue weighted by Gasteiger charge is -1.81. The molecule has 2 rings (SSSR count). The first kappa shape index (κ1) is 6.36. The van der Waals surface area contributed by atoms with Gasteiger partial charge in [0.05, 0.1) is 17.8 Å². The maximum Gasteiger partial charge on any atom is 0.414 e. The van der Waals surface area contributed by atoms with Crippen LogP contribution < -0.4 is 4.94 Å². The molecule has 0 fully saturated rings. The summed E-state index contributed by atoms with van der Waals surface area (Å²) in [5.74, 6) is 0.716. The van der Waals surface area contributed by atoms with E-state index < -0.39 is 4.94 Å². The highest BCUT2D eigenvalue weighted by atomic mass is 32.1. The number of hydrogen-bond acceptors (Lipinski definition) is 5. The molecule has 2 heterocycles. The Labute approximate surface area is 65.3 Å². The van der Waals surface area contributed by atoms with Crippen LogP contribution in [0.25, 0.3) is 11.7 Å². The molecule has 0 atom stereocenters. The summed E-state index contributed by atoms with van der Waals surface area (Å²) in [5, 5.41) is 0. The molecule has 0 aliphatic heterocycles. The van der Waals surface area contributed by atoms with Gasteiger partial charge in [-0.05, 0) is 12.1 Å². The van der Waals surface area contributed by atoms with E-state index in [9.17, 15) is 4.79 Å². The van der Waals surface area contributed by atoms with Crippen molar-refractivity contribution in [2.24, 2.45) is 0 Å². The highest BCUT2D eigenvalue weighted by Crippen LogP contribution is 2.15. The summed E-state index contributed by atoms with van der Waals surface area (Å²) >= 11 is 0.770. The second-order valence-electron chi connectivity index (χ2n) is 1.82. The fraction of sp³-hybridized carbons (Fsp3) is 0. The van der Waals surface area contributed by atoms with E-state index in [0.717, 1.165) is 11.5 Å². The van der Waals surface area contributed by atoms with Gasteiger partial charge >= 0.3 is 4.94 Å². The van der Waals surface area contributed by atoms with Crippen molar-refractivity contribution in [3.8, 4) is 11.7 Å². The van der Waals surface area contributed by atoms with Crippen molar-refractivity contribution in [1.29, 1.82) is 0 Å². The zero-order valence-electron chi connectivity index (χ0n) is 5.31. The third-order valence-corrected chi connectivity index (χ3v) is 1.60. The molecule has 0 saturated carbocycles. The zero-order valence-corrected chi connectivity index (χ0v) is 6.13. The topological polar surface area (TPSA) is 56.2 Å². The lowest BCUT2D eigenvalue weighted by atomic mass is 10.5. The molecule has 0 spiro atoms. The fourth-order valence-electron chi connectivity index (χ4n) is 0.690. The van der Waals surface area contributed by atoms with E-state index >= 15 is 0 Å². The largest absolute Gasteiger partial charge is 0.459 e. The van der Waals surface area contributed by atoms with Crippen LogP contribution in [-0.4, -0.2) is 4.37 Å². The van der Waals surface area contributed by atoms with Crippen LogP contribution in [0.4, 0.5) is 0 Å². The standard InChI is InChI=1S/C6H3NO3S/c8-6-10-5(7-11-6)4-2-1-3-9-4/h1-3H. The lowest BCUT2D eigenvalue weighted by Crippen LogP contribution is -1.80. The molecule has 0 N–H and O–H groups in total. The summed E-state index contributed by atoms with van der Waals surface area (Å²) in [7, 11) is 0. The minimum absolute atomic E-state index is 0.241. The lowest BCUT2D eigenvalue weighted by molar-refractivity contribution is 0.500. The van der Waals surface area contributed by atoms with Crippen molar-refractivity contribution in [1.82, 2.24) is 4.37 Å². The van der Waals surface area contributed by atoms with E-state index in [0.29, 0.717) is 5.76 Å². The second-order valence-corrected chi connectivity index (χ2v) is 2.52. The van der Waals surface area contributed by atoms with Crippen LogP contribution in [0.2, 0.25) is 0 Å². The normalized spacial score (nSPS) is 10.2. The van der Waals surface area contributed by atoms with Crippen LogP contribution in [-0.2, 0) is 0 Å². The van der Waals surface area contributed by atoms with Gasteiger partial charge in [0, 0.05) is 0 Å². The Morgan fingerprint density at radius 2 is 2.45 bits per heavy atom. The van der Waals surface area contributed by atoms with Gasteiger partial charge < -0.3 is 8.83 Å². The SMILES string of the molecule is O=c1oc(-c2ccco2)ns1. The first-order valence-corrected chi connectivity index (χ1v) is 3.64. The summed E-state index contributed by atoms with van der Waals surface area (Å²) in [5.41, 5.74) is 0. The number of aromatic nitrogens is 1. The highest BCUT2D eigenvalue weighted by molar-refractivity contribution is 7.02. The van der Waals surface area contributed by atoms with Crippen LogP contribution >= 0.6 is 11.5 Å². The van der Waals surface area contributed by atoms with Crippen LogP contribution in [0.5, 0.6) is 0 Å². The van der Waals surface area contributed by atoms with Gasteiger partial charge in [-0.3, -0.25) is 0 Å². The van der Waals surface area contributed by atoms with Crippen LogP contribution in [0.3, 0.4) is 0 Å². The maximum atomic E-state index is 10.5. The molecule has 5 heteroatoms. The molecule has 0 amide bonds. The Kier molecular flexibility index (Phi) is 1.36. The molecule has 0 unspecified atom stereocenters. The van der Waals surface area contributed by atoms with Gasteiger partial charge in [0.25, 0.3) is 5.89 Å². The molecule has 0 aliphatic carbocycles. The summed E-state index contributed by atoms with van der Waals surface area (Å²) < 4.78 is 13.4. The molecule has 0 radical (unpaired) electrons. The van der Waals surface area contributed by atoms with Gasteiger partial charge in [-0.1, -0.05) is 0 Å². The fourth-order valence-corrected chi connectivity index (χ4v) is 1.09. The molecule has 2 aromatic heterocycles. The molecule has 2 aromatic rings. The first-order chi connectivity index (χ1) is 5.36. The van der Waals surface area contributed by atoms with E-state index in [1.165, 1.54) is 6.26 Å². The Bertz CT molecular complexity index is 386. The zero-order chi connectivity index (χ0) is 7.68. The van der Waals surface area contributed by atoms with Crippen molar-refractivity contribution in [2.45, 2.75) is 0 Å². The second kappa shape index (κ2) is 2.35. The van der Waals surface area contributed by atoms with Crippen LogP contribution in [0, 0.1) is 0 Å². The smallest absolute Gasteiger partial charge is 0.414 e. The Hall–Kier alpha value is -1.36. The molecule has 0 bridgehead atoms. The van der Waals surface area contributed by atoms with Crippen LogP contribution in [0.15, 0.2) is 32.0 Å². The average molecular weight is 169 g/mol. The summed E-state index contributed by atoms with van der Waals surface area (Å²) in [4.78, 5) is 10.1. The van der Waals surface area contributed by atoms with Gasteiger partial charge in [-0.2, -0.15) is 0 Å².